The zero-order valence-electron chi connectivity index (χ0n) is 18.7. The Morgan fingerprint density at radius 1 is 1.19 bits per heavy atom. The summed E-state index contributed by atoms with van der Waals surface area (Å²) in [6.45, 7) is 5.71. The van der Waals surface area contributed by atoms with Crippen LogP contribution in [0.2, 0.25) is 0 Å². The first-order chi connectivity index (χ1) is 15.6. The largest absolute Gasteiger partial charge is 0.415 e. The number of carbonyl (C=O) groups is 1. The second kappa shape index (κ2) is 10.7. The van der Waals surface area contributed by atoms with Crippen LogP contribution in [0.4, 0.5) is 4.79 Å². The van der Waals surface area contributed by atoms with Crippen molar-refractivity contribution >= 4 is 17.9 Å². The quantitative estimate of drug-likeness (QED) is 0.495. The Morgan fingerprint density at radius 3 is 2.66 bits per heavy atom. The summed E-state index contributed by atoms with van der Waals surface area (Å²) >= 11 is 1.77. The fraction of sp³-hybridized carbons (Fsp3) is 0.400. The minimum atomic E-state index is -0.258. The maximum Gasteiger partial charge on any atom is 0.415 e. The van der Waals surface area contributed by atoms with Gasteiger partial charge in [-0.15, -0.1) is 0 Å². The molecule has 0 radical (unpaired) electrons. The van der Waals surface area contributed by atoms with Crippen molar-refractivity contribution < 1.29 is 9.53 Å². The van der Waals surface area contributed by atoms with Gasteiger partial charge >= 0.3 is 6.09 Å². The predicted molar refractivity (Wildman–Crippen MR) is 127 cm³/mol. The van der Waals surface area contributed by atoms with E-state index in [1.165, 1.54) is 5.56 Å². The van der Waals surface area contributed by atoms with Gasteiger partial charge < -0.3 is 14.6 Å². The van der Waals surface area contributed by atoms with Gasteiger partial charge in [0.1, 0.15) is 5.75 Å². The third-order valence-electron chi connectivity index (χ3n) is 5.98. The number of carbonyl (C=O) groups excluding carboxylic acids is 1. The number of hydrogen-bond acceptors (Lipinski definition) is 5. The lowest BCUT2D eigenvalue weighted by molar-refractivity contribution is 0.131. The van der Waals surface area contributed by atoms with Gasteiger partial charge in [0.2, 0.25) is 0 Å². The number of likely N-dealkylation sites (tertiary alicyclic amines) is 1. The molecule has 1 N–H and O–H groups in total. The van der Waals surface area contributed by atoms with Crippen LogP contribution in [0.1, 0.15) is 36.7 Å². The van der Waals surface area contributed by atoms with Gasteiger partial charge in [-0.3, -0.25) is 4.98 Å². The highest BCUT2D eigenvalue weighted by Gasteiger charge is 2.28. The second-order valence-corrected chi connectivity index (χ2v) is 9.69. The van der Waals surface area contributed by atoms with E-state index in [1.807, 2.05) is 54.4 Å². The van der Waals surface area contributed by atoms with E-state index in [1.54, 1.807) is 18.0 Å². The molecular weight excluding hydrogens is 420 g/mol. The average molecular weight is 451 g/mol. The Bertz CT molecular complexity index is 999. The molecule has 4 rings (SSSR count). The maximum absolute atomic E-state index is 12.6. The van der Waals surface area contributed by atoms with Crippen molar-refractivity contribution in [3.63, 3.8) is 0 Å². The van der Waals surface area contributed by atoms with Crippen LogP contribution in [0.5, 0.6) is 5.75 Å². The average Bonchev–Trinajstić information content (AvgIpc) is 3.32. The van der Waals surface area contributed by atoms with Gasteiger partial charge in [0.05, 0.1) is 0 Å². The van der Waals surface area contributed by atoms with Crippen molar-refractivity contribution in [1.82, 2.24) is 19.9 Å². The van der Waals surface area contributed by atoms with Gasteiger partial charge in [0.15, 0.2) is 5.16 Å². The number of pyridine rings is 1. The van der Waals surface area contributed by atoms with Gasteiger partial charge in [-0.2, -0.15) is 0 Å². The van der Waals surface area contributed by atoms with Crippen LogP contribution in [0.3, 0.4) is 0 Å². The van der Waals surface area contributed by atoms with Crippen LogP contribution in [0.25, 0.3) is 0 Å². The summed E-state index contributed by atoms with van der Waals surface area (Å²) in [6, 6.07) is 13.9. The molecule has 1 amide bonds. The van der Waals surface area contributed by atoms with E-state index in [0.29, 0.717) is 16.9 Å². The highest BCUT2D eigenvalue weighted by molar-refractivity contribution is 7.99. The monoisotopic (exact) mass is 450 g/mol. The first-order valence-electron chi connectivity index (χ1n) is 11.2. The highest BCUT2D eigenvalue weighted by atomic mass is 32.2. The number of H-pyrrole nitrogens is 1. The summed E-state index contributed by atoms with van der Waals surface area (Å²) in [6.07, 6.45) is 7.14. The van der Waals surface area contributed by atoms with E-state index in [2.05, 4.69) is 27.9 Å². The molecule has 0 bridgehead atoms. The third kappa shape index (κ3) is 6.13. The fourth-order valence-corrected chi connectivity index (χ4v) is 5.11. The SMILES string of the molecule is Cc1cccc(CCc2ccc(OC(=O)N3CCC(C(C)Sc4ncc[nH]4)CC3)cc2)n1. The normalized spacial score (nSPS) is 15.5. The van der Waals surface area contributed by atoms with Crippen molar-refractivity contribution in [3.8, 4) is 5.75 Å². The number of aryl methyl sites for hydroxylation is 3. The lowest BCUT2D eigenvalue weighted by Crippen LogP contribution is -2.41. The number of hydrogen-bond donors (Lipinski definition) is 1. The molecule has 1 unspecified atom stereocenters. The lowest BCUT2D eigenvalue weighted by atomic mass is 9.94. The second-order valence-electron chi connectivity index (χ2n) is 8.32. The van der Waals surface area contributed by atoms with E-state index >= 15 is 0 Å². The molecule has 1 atom stereocenters. The number of aromatic nitrogens is 3. The first-order valence-corrected chi connectivity index (χ1v) is 12.1. The molecule has 32 heavy (non-hydrogen) atoms. The van der Waals surface area contributed by atoms with E-state index in [4.69, 9.17) is 4.74 Å². The zero-order chi connectivity index (χ0) is 22.3. The predicted octanol–water partition coefficient (Wildman–Crippen LogP) is 5.29. The van der Waals surface area contributed by atoms with Crippen LogP contribution < -0.4 is 4.74 Å². The molecule has 0 spiro atoms. The Balaban J connectivity index is 1.22. The Hall–Kier alpha value is -2.80. The third-order valence-corrected chi connectivity index (χ3v) is 7.18. The standard InChI is InChI=1S/C25H30N4O2S/c1-18-4-3-5-22(28-18)9-6-20-7-10-23(11-8-20)31-25(30)29-16-12-21(13-17-29)19(2)32-24-26-14-15-27-24/h3-5,7-8,10-11,14-15,19,21H,6,9,12-13,16-17H2,1-2H3,(H,26,27). The van der Waals surface area contributed by atoms with E-state index in [9.17, 15) is 4.79 Å². The molecule has 2 aromatic heterocycles. The van der Waals surface area contributed by atoms with Crippen LogP contribution in [0.15, 0.2) is 60.0 Å². The first kappa shape index (κ1) is 22.4. The summed E-state index contributed by atoms with van der Waals surface area (Å²) in [5, 5.41) is 1.42. The lowest BCUT2D eigenvalue weighted by Gasteiger charge is -2.33. The summed E-state index contributed by atoms with van der Waals surface area (Å²) < 4.78 is 5.62. The van der Waals surface area contributed by atoms with Crippen molar-refractivity contribution in [3.05, 3.63) is 71.8 Å². The minimum Gasteiger partial charge on any atom is -0.410 e. The summed E-state index contributed by atoms with van der Waals surface area (Å²) in [5.74, 6) is 1.16. The number of nitrogens with one attached hydrogen (secondary N) is 1. The molecule has 0 aliphatic carbocycles. The molecule has 7 heteroatoms. The summed E-state index contributed by atoms with van der Waals surface area (Å²) in [5.41, 5.74) is 3.34. The van der Waals surface area contributed by atoms with Crippen LogP contribution in [-0.4, -0.2) is 44.3 Å². The van der Waals surface area contributed by atoms with Gasteiger partial charge in [-0.1, -0.05) is 36.9 Å². The number of aromatic amines is 1. The van der Waals surface area contributed by atoms with Crippen molar-refractivity contribution in [2.45, 2.75) is 49.9 Å². The van der Waals surface area contributed by atoms with Gasteiger partial charge in [-0.25, -0.2) is 9.78 Å². The molecule has 1 aromatic carbocycles. The number of nitrogens with zero attached hydrogens (tertiary/aromatic N) is 3. The number of piperidine rings is 1. The van der Waals surface area contributed by atoms with Gasteiger partial charge in [0.25, 0.3) is 0 Å². The molecular formula is C25H30N4O2S. The minimum absolute atomic E-state index is 0.258. The molecule has 1 fully saturated rings. The molecule has 6 nitrogen and oxygen atoms in total. The number of ether oxygens (including phenoxy) is 1. The van der Waals surface area contributed by atoms with Crippen LogP contribution in [0, 0.1) is 12.8 Å². The molecule has 1 aliphatic rings. The number of imidazole rings is 1. The Labute approximate surface area is 193 Å². The molecule has 1 aliphatic heterocycles. The van der Waals surface area contributed by atoms with Crippen molar-refractivity contribution in [2.75, 3.05) is 13.1 Å². The molecule has 168 valence electrons. The molecule has 1 saturated heterocycles. The Kier molecular flexibility index (Phi) is 7.47. The molecule has 3 heterocycles. The van der Waals surface area contributed by atoms with Gasteiger partial charge in [0, 0.05) is 42.1 Å². The van der Waals surface area contributed by atoms with E-state index in [-0.39, 0.29) is 6.09 Å². The summed E-state index contributed by atoms with van der Waals surface area (Å²) in [4.78, 5) is 26.4. The van der Waals surface area contributed by atoms with E-state index < -0.39 is 0 Å². The number of thioether (sulfide) groups is 1. The maximum atomic E-state index is 12.6. The number of amides is 1. The highest BCUT2D eigenvalue weighted by Crippen LogP contribution is 2.31. The topological polar surface area (TPSA) is 71.1 Å². The zero-order valence-corrected chi connectivity index (χ0v) is 19.5. The molecule has 0 saturated carbocycles. The number of benzene rings is 1. The van der Waals surface area contributed by atoms with Crippen LogP contribution in [-0.2, 0) is 12.8 Å². The summed E-state index contributed by atoms with van der Waals surface area (Å²) in [7, 11) is 0. The van der Waals surface area contributed by atoms with E-state index in [0.717, 1.165) is 55.3 Å². The number of rotatable bonds is 7. The fourth-order valence-electron chi connectivity index (χ4n) is 4.04. The van der Waals surface area contributed by atoms with Crippen LogP contribution >= 0.6 is 11.8 Å². The van der Waals surface area contributed by atoms with Gasteiger partial charge in [-0.05, 0) is 68.4 Å². The van der Waals surface area contributed by atoms with Crippen molar-refractivity contribution in [1.29, 1.82) is 0 Å². The van der Waals surface area contributed by atoms with Crippen molar-refractivity contribution in [2.24, 2.45) is 5.92 Å². The molecule has 3 aromatic rings. The Morgan fingerprint density at radius 2 is 1.97 bits per heavy atom. The smallest absolute Gasteiger partial charge is 0.410 e.